The Morgan fingerprint density at radius 2 is 2.18 bits per heavy atom. The summed E-state index contributed by atoms with van der Waals surface area (Å²) < 4.78 is 0. The zero-order valence-corrected chi connectivity index (χ0v) is 10.7. The van der Waals surface area contributed by atoms with E-state index in [0.29, 0.717) is 22.5 Å². The molecule has 1 aromatic carbocycles. The van der Waals surface area contributed by atoms with Crippen molar-refractivity contribution in [3.8, 4) is 0 Å². The number of halogens is 1. The summed E-state index contributed by atoms with van der Waals surface area (Å²) in [6.45, 7) is 5.22. The third kappa shape index (κ3) is 2.39. The summed E-state index contributed by atoms with van der Waals surface area (Å²) >= 11 is 5.85. The Kier molecular flexibility index (Phi) is 3.29. The van der Waals surface area contributed by atoms with Crippen LogP contribution in [-0.2, 0) is 0 Å². The third-order valence-electron chi connectivity index (χ3n) is 3.28. The van der Waals surface area contributed by atoms with Gasteiger partial charge >= 0.3 is 5.97 Å². The lowest BCUT2D eigenvalue weighted by Crippen LogP contribution is -2.28. The molecule has 0 aromatic heterocycles. The molecule has 1 heterocycles. The lowest BCUT2D eigenvalue weighted by Gasteiger charge is -2.25. The molecule has 17 heavy (non-hydrogen) atoms. The van der Waals surface area contributed by atoms with Gasteiger partial charge in [0.05, 0.1) is 11.3 Å². The van der Waals surface area contributed by atoms with Crippen LogP contribution < -0.4 is 4.90 Å². The number of hydrogen-bond donors (Lipinski definition) is 1. The summed E-state index contributed by atoms with van der Waals surface area (Å²) in [5, 5.41) is 9.68. The van der Waals surface area contributed by atoms with Crippen molar-refractivity contribution in [2.45, 2.75) is 26.3 Å². The van der Waals surface area contributed by atoms with E-state index in [1.165, 1.54) is 6.07 Å². The first-order valence-corrected chi connectivity index (χ1v) is 6.16. The first-order chi connectivity index (χ1) is 7.99. The van der Waals surface area contributed by atoms with Crippen LogP contribution in [-0.4, -0.2) is 23.7 Å². The van der Waals surface area contributed by atoms with E-state index < -0.39 is 5.97 Å². The number of carboxylic acid groups (broad SMARTS) is 1. The normalized spacial score (nSPS) is 24.1. The van der Waals surface area contributed by atoms with Crippen LogP contribution in [0.1, 0.15) is 30.6 Å². The topological polar surface area (TPSA) is 40.5 Å². The van der Waals surface area contributed by atoms with E-state index in [1.807, 2.05) is 0 Å². The SMILES string of the molecule is CC1CC(C)N(c2ccc(Cl)cc2C(=O)O)C1. The minimum atomic E-state index is -0.922. The third-order valence-corrected chi connectivity index (χ3v) is 3.52. The summed E-state index contributed by atoms with van der Waals surface area (Å²) in [7, 11) is 0. The predicted octanol–water partition coefficient (Wildman–Crippen LogP) is 3.27. The van der Waals surface area contributed by atoms with Crippen LogP contribution in [0.4, 0.5) is 5.69 Å². The highest BCUT2D eigenvalue weighted by Crippen LogP contribution is 2.32. The zero-order valence-electron chi connectivity index (χ0n) is 9.98. The second-order valence-electron chi connectivity index (χ2n) is 4.81. The highest BCUT2D eigenvalue weighted by molar-refractivity contribution is 6.31. The minimum Gasteiger partial charge on any atom is -0.478 e. The average molecular weight is 254 g/mol. The zero-order chi connectivity index (χ0) is 12.6. The molecule has 4 heteroatoms. The van der Waals surface area contributed by atoms with Crippen LogP contribution in [0.5, 0.6) is 0 Å². The Morgan fingerprint density at radius 3 is 2.71 bits per heavy atom. The lowest BCUT2D eigenvalue weighted by molar-refractivity contribution is 0.0697. The molecule has 2 rings (SSSR count). The van der Waals surface area contributed by atoms with Crippen LogP contribution in [0.3, 0.4) is 0 Å². The number of rotatable bonds is 2. The molecule has 1 aliphatic rings. The summed E-state index contributed by atoms with van der Waals surface area (Å²) in [5.41, 5.74) is 1.07. The summed E-state index contributed by atoms with van der Waals surface area (Å²) in [4.78, 5) is 13.4. The summed E-state index contributed by atoms with van der Waals surface area (Å²) in [6, 6.07) is 5.46. The number of carboxylic acids is 1. The van der Waals surface area contributed by atoms with E-state index in [4.69, 9.17) is 11.6 Å². The first-order valence-electron chi connectivity index (χ1n) is 5.78. The fourth-order valence-electron chi connectivity index (χ4n) is 2.57. The van der Waals surface area contributed by atoms with Crippen molar-refractivity contribution < 1.29 is 9.90 Å². The van der Waals surface area contributed by atoms with Crippen molar-refractivity contribution in [3.63, 3.8) is 0 Å². The molecule has 2 unspecified atom stereocenters. The standard InChI is InChI=1S/C13H16ClNO2/c1-8-5-9(2)15(7-8)12-4-3-10(14)6-11(12)13(16)17/h3-4,6,8-9H,5,7H2,1-2H3,(H,16,17). The Bertz CT molecular complexity index is 447. The largest absolute Gasteiger partial charge is 0.478 e. The minimum absolute atomic E-state index is 0.290. The molecule has 1 aliphatic heterocycles. The summed E-state index contributed by atoms with van der Waals surface area (Å²) in [6.07, 6.45) is 1.10. The van der Waals surface area contributed by atoms with Crippen LogP contribution in [0.2, 0.25) is 5.02 Å². The molecule has 0 spiro atoms. The molecular formula is C13H16ClNO2. The monoisotopic (exact) mass is 253 g/mol. The van der Waals surface area contributed by atoms with E-state index in [1.54, 1.807) is 12.1 Å². The molecule has 2 atom stereocenters. The second kappa shape index (κ2) is 4.57. The highest BCUT2D eigenvalue weighted by Gasteiger charge is 2.28. The van der Waals surface area contributed by atoms with Gasteiger partial charge in [-0.15, -0.1) is 0 Å². The predicted molar refractivity (Wildman–Crippen MR) is 69.0 cm³/mol. The molecule has 92 valence electrons. The van der Waals surface area contributed by atoms with E-state index >= 15 is 0 Å². The molecule has 0 saturated carbocycles. The van der Waals surface area contributed by atoms with Gasteiger partial charge in [-0.25, -0.2) is 4.79 Å². The molecule has 1 saturated heterocycles. The lowest BCUT2D eigenvalue weighted by atomic mass is 10.1. The fraction of sp³-hybridized carbons (Fsp3) is 0.462. The quantitative estimate of drug-likeness (QED) is 0.879. The Hall–Kier alpha value is -1.22. The molecule has 0 bridgehead atoms. The van der Waals surface area contributed by atoms with Gasteiger partial charge in [0.15, 0.2) is 0 Å². The Morgan fingerprint density at radius 1 is 1.47 bits per heavy atom. The number of benzene rings is 1. The molecular weight excluding hydrogens is 238 g/mol. The Balaban J connectivity index is 2.41. The van der Waals surface area contributed by atoms with Gasteiger partial charge in [-0.05, 0) is 37.5 Å². The molecule has 3 nitrogen and oxygen atoms in total. The van der Waals surface area contributed by atoms with Crippen molar-refractivity contribution >= 4 is 23.3 Å². The van der Waals surface area contributed by atoms with Gasteiger partial charge in [-0.1, -0.05) is 18.5 Å². The van der Waals surface area contributed by atoms with Crippen LogP contribution >= 0.6 is 11.6 Å². The van der Waals surface area contributed by atoms with Gasteiger partial charge in [-0.2, -0.15) is 0 Å². The molecule has 0 amide bonds. The molecule has 1 aromatic rings. The van der Waals surface area contributed by atoms with Crippen LogP contribution in [0.15, 0.2) is 18.2 Å². The van der Waals surface area contributed by atoms with Gasteiger partial charge in [0.1, 0.15) is 0 Å². The number of hydrogen-bond acceptors (Lipinski definition) is 2. The van der Waals surface area contributed by atoms with Gasteiger partial charge in [0.25, 0.3) is 0 Å². The second-order valence-corrected chi connectivity index (χ2v) is 5.25. The Labute approximate surface area is 106 Å². The highest BCUT2D eigenvalue weighted by atomic mass is 35.5. The van der Waals surface area contributed by atoms with E-state index in [2.05, 4.69) is 18.7 Å². The maximum Gasteiger partial charge on any atom is 0.337 e. The maximum absolute atomic E-state index is 11.2. The average Bonchev–Trinajstić information content (AvgIpc) is 2.57. The van der Waals surface area contributed by atoms with Gasteiger partial charge < -0.3 is 10.0 Å². The fourth-order valence-corrected chi connectivity index (χ4v) is 2.74. The van der Waals surface area contributed by atoms with E-state index in [9.17, 15) is 9.90 Å². The van der Waals surface area contributed by atoms with E-state index in [-0.39, 0.29) is 0 Å². The van der Waals surface area contributed by atoms with Crippen molar-refractivity contribution in [3.05, 3.63) is 28.8 Å². The number of carbonyl (C=O) groups is 1. The van der Waals surface area contributed by atoms with Crippen LogP contribution in [0, 0.1) is 5.92 Å². The van der Waals surface area contributed by atoms with Crippen molar-refractivity contribution in [2.24, 2.45) is 5.92 Å². The maximum atomic E-state index is 11.2. The van der Waals surface area contributed by atoms with Gasteiger partial charge in [0.2, 0.25) is 0 Å². The van der Waals surface area contributed by atoms with Crippen molar-refractivity contribution in [2.75, 3.05) is 11.4 Å². The number of aromatic carboxylic acids is 1. The van der Waals surface area contributed by atoms with Crippen molar-refractivity contribution in [1.29, 1.82) is 0 Å². The molecule has 1 fully saturated rings. The van der Waals surface area contributed by atoms with E-state index in [0.717, 1.165) is 18.7 Å². The van der Waals surface area contributed by atoms with Crippen molar-refractivity contribution in [1.82, 2.24) is 0 Å². The number of anilines is 1. The van der Waals surface area contributed by atoms with Gasteiger partial charge in [0, 0.05) is 17.6 Å². The van der Waals surface area contributed by atoms with Crippen LogP contribution in [0.25, 0.3) is 0 Å². The number of nitrogens with zero attached hydrogens (tertiary/aromatic N) is 1. The smallest absolute Gasteiger partial charge is 0.337 e. The molecule has 0 aliphatic carbocycles. The van der Waals surface area contributed by atoms with Gasteiger partial charge in [-0.3, -0.25) is 0 Å². The molecule has 1 N–H and O–H groups in total. The molecule has 0 radical (unpaired) electrons. The summed E-state index contributed by atoms with van der Waals surface area (Å²) in [5.74, 6) is -0.323. The first kappa shape index (κ1) is 12.2.